The number of allylic oxidation sites excluding steroid dienone is 4. The lowest BCUT2D eigenvalue weighted by molar-refractivity contribution is -0.135. The molecule has 3 aromatic carbocycles. The number of carbonyl (C=O) groups excluding carboxylic acids is 2. The van der Waals surface area contributed by atoms with Gasteiger partial charge < -0.3 is 9.47 Å². The molecule has 0 aromatic heterocycles. The summed E-state index contributed by atoms with van der Waals surface area (Å²) in [6.45, 7) is 2.23. The maximum absolute atomic E-state index is 13.7. The van der Waals surface area contributed by atoms with Crippen LogP contribution in [0.3, 0.4) is 0 Å². The van der Waals surface area contributed by atoms with E-state index in [4.69, 9.17) is 9.47 Å². The van der Waals surface area contributed by atoms with E-state index in [0.29, 0.717) is 25.0 Å². The van der Waals surface area contributed by atoms with Gasteiger partial charge >= 0.3 is 5.97 Å². The third-order valence-corrected chi connectivity index (χ3v) is 9.79. The van der Waals surface area contributed by atoms with Gasteiger partial charge in [0.15, 0.2) is 0 Å². The average molecular weight is 685 g/mol. The van der Waals surface area contributed by atoms with Crippen LogP contribution < -0.4 is 4.74 Å². The molecule has 0 amide bonds. The van der Waals surface area contributed by atoms with E-state index in [-0.39, 0.29) is 47.2 Å². The van der Waals surface area contributed by atoms with Crippen molar-refractivity contribution in [2.24, 2.45) is 5.92 Å². The maximum Gasteiger partial charge on any atom is 0.311 e. The molecule has 4 nitrogen and oxygen atoms in total. The van der Waals surface area contributed by atoms with Crippen LogP contribution in [0.5, 0.6) is 5.75 Å². The van der Waals surface area contributed by atoms with Crippen LogP contribution in [0.25, 0.3) is 0 Å². The van der Waals surface area contributed by atoms with E-state index in [1.165, 1.54) is 56.4 Å². The molecule has 0 N–H and O–H groups in total. The van der Waals surface area contributed by atoms with Crippen LogP contribution in [0.15, 0.2) is 97.1 Å². The first-order valence-corrected chi connectivity index (χ1v) is 18.6. The van der Waals surface area contributed by atoms with Gasteiger partial charge in [0.2, 0.25) is 0 Å². The summed E-state index contributed by atoms with van der Waals surface area (Å²) in [6.07, 6.45) is 22.8. The van der Waals surface area contributed by atoms with Gasteiger partial charge in [0, 0.05) is 25.4 Å². The second-order valence-electron chi connectivity index (χ2n) is 13.4. The van der Waals surface area contributed by atoms with Crippen molar-refractivity contribution in [2.75, 3.05) is 7.11 Å². The van der Waals surface area contributed by atoms with Gasteiger partial charge in [0.05, 0.1) is 12.0 Å². The standard InChI is InChI=1S/C44H54F2O4/c1-3-4-5-6-7-8-9-10-11-12-13-14-15-16-17-18-41(47)50-38-29-23-34(24-30-38)42-39(44(48)43(42)35-21-27-37(46)28-22-35)31-32-40(49-2)33-19-25-36(45)26-20-33/h7-8,10-11,19-30,39-40,42-43H,3-6,9,12-18,31-32H2,1-2H3/b8-7-,11-10-/t39-,40?,42-,43?/m1/s1. The van der Waals surface area contributed by atoms with Crippen LogP contribution in [0, 0.1) is 17.6 Å². The predicted molar refractivity (Wildman–Crippen MR) is 197 cm³/mol. The summed E-state index contributed by atoms with van der Waals surface area (Å²) in [7, 11) is 1.62. The van der Waals surface area contributed by atoms with Crippen LogP contribution in [0.4, 0.5) is 8.78 Å². The molecule has 1 aliphatic carbocycles. The zero-order valence-electron chi connectivity index (χ0n) is 29.8. The van der Waals surface area contributed by atoms with E-state index < -0.39 is 0 Å². The third kappa shape index (κ3) is 12.2. The minimum absolute atomic E-state index is 0.114. The summed E-state index contributed by atoms with van der Waals surface area (Å²) < 4.78 is 38.5. The SMILES string of the molecule is CCCCC/C=C\C/C=C\CCCCCCCC(=O)Oc1ccc([C@H]2C(c3ccc(F)cc3)C(=O)[C@@H]2CCC(OC)c2ccc(F)cc2)cc1. The monoisotopic (exact) mass is 684 g/mol. The van der Waals surface area contributed by atoms with Gasteiger partial charge in [-0.2, -0.15) is 0 Å². The number of halogens is 2. The van der Waals surface area contributed by atoms with Crippen molar-refractivity contribution in [3.05, 3.63) is 125 Å². The molecular weight excluding hydrogens is 630 g/mol. The molecule has 1 aliphatic rings. The van der Waals surface area contributed by atoms with Crippen molar-refractivity contribution in [3.8, 4) is 5.75 Å². The molecule has 3 aromatic rings. The number of ketones is 1. The molecule has 2 unspecified atom stereocenters. The third-order valence-electron chi connectivity index (χ3n) is 9.79. The van der Waals surface area contributed by atoms with Crippen molar-refractivity contribution in [1.82, 2.24) is 0 Å². The van der Waals surface area contributed by atoms with Crippen LogP contribution in [0.2, 0.25) is 0 Å². The van der Waals surface area contributed by atoms with E-state index in [1.807, 2.05) is 12.1 Å². The first-order valence-electron chi connectivity index (χ1n) is 18.6. The fourth-order valence-electron chi connectivity index (χ4n) is 6.94. The highest BCUT2D eigenvalue weighted by molar-refractivity contribution is 5.96. The van der Waals surface area contributed by atoms with Crippen LogP contribution in [-0.4, -0.2) is 18.9 Å². The molecule has 0 saturated heterocycles. The normalized spacial score (nSPS) is 18.1. The minimum atomic E-state index is -0.390. The fraction of sp³-hybridized carbons (Fsp3) is 0.455. The molecule has 50 heavy (non-hydrogen) atoms. The molecule has 1 fully saturated rings. The van der Waals surface area contributed by atoms with E-state index >= 15 is 0 Å². The number of rotatable bonds is 22. The molecular formula is C44H54F2O4. The summed E-state index contributed by atoms with van der Waals surface area (Å²) in [5, 5.41) is 0. The smallest absolute Gasteiger partial charge is 0.311 e. The summed E-state index contributed by atoms with van der Waals surface area (Å²) in [6, 6.07) is 19.8. The van der Waals surface area contributed by atoms with E-state index in [1.54, 1.807) is 43.5 Å². The van der Waals surface area contributed by atoms with Gasteiger partial charge in [-0.1, -0.05) is 99.7 Å². The number of Topliss-reactive ketones (excluding diaryl/α,β-unsaturated/α-hetero) is 1. The summed E-state index contributed by atoms with van der Waals surface area (Å²) >= 11 is 0. The highest BCUT2D eigenvalue weighted by Gasteiger charge is 2.50. The molecule has 0 spiro atoms. The second kappa shape index (κ2) is 21.3. The Morgan fingerprint density at radius 3 is 1.96 bits per heavy atom. The number of hydrogen-bond acceptors (Lipinski definition) is 4. The molecule has 0 aliphatic heterocycles. The lowest BCUT2D eigenvalue weighted by atomic mass is 9.57. The quantitative estimate of drug-likeness (QED) is 0.0457. The largest absolute Gasteiger partial charge is 0.427 e. The number of methoxy groups -OCH3 is 1. The Balaban J connectivity index is 1.23. The molecule has 0 radical (unpaired) electrons. The highest BCUT2D eigenvalue weighted by Crippen LogP contribution is 2.53. The number of hydrogen-bond donors (Lipinski definition) is 0. The van der Waals surface area contributed by atoms with Crippen molar-refractivity contribution in [3.63, 3.8) is 0 Å². The van der Waals surface area contributed by atoms with Crippen molar-refractivity contribution in [1.29, 1.82) is 0 Å². The van der Waals surface area contributed by atoms with Crippen LogP contribution in [0.1, 0.15) is 131 Å². The Bertz CT molecular complexity index is 1490. The van der Waals surface area contributed by atoms with E-state index in [9.17, 15) is 18.4 Å². The Labute approximate surface area is 298 Å². The lowest BCUT2D eigenvalue weighted by Gasteiger charge is -2.44. The number of unbranched alkanes of at least 4 members (excludes halogenated alkanes) is 8. The van der Waals surface area contributed by atoms with Crippen LogP contribution >= 0.6 is 0 Å². The highest BCUT2D eigenvalue weighted by atomic mass is 19.1. The zero-order chi connectivity index (χ0) is 35.6. The minimum Gasteiger partial charge on any atom is -0.427 e. The zero-order valence-corrected chi connectivity index (χ0v) is 29.8. The van der Waals surface area contributed by atoms with E-state index in [0.717, 1.165) is 55.2 Å². The number of esters is 1. The average Bonchev–Trinajstić information content (AvgIpc) is 3.12. The van der Waals surface area contributed by atoms with Gasteiger partial charge in [-0.05, 0) is 104 Å². The Hall–Kier alpha value is -3.90. The van der Waals surface area contributed by atoms with Crippen molar-refractivity contribution < 1.29 is 27.8 Å². The van der Waals surface area contributed by atoms with E-state index in [2.05, 4.69) is 31.2 Å². The van der Waals surface area contributed by atoms with Crippen LogP contribution in [-0.2, 0) is 14.3 Å². The number of carbonyl (C=O) groups is 2. The second-order valence-corrected chi connectivity index (χ2v) is 13.4. The molecule has 1 saturated carbocycles. The molecule has 4 atom stereocenters. The Kier molecular flexibility index (Phi) is 16.6. The summed E-state index contributed by atoms with van der Waals surface area (Å²) in [4.78, 5) is 26.1. The van der Waals surface area contributed by atoms with Crippen molar-refractivity contribution in [2.45, 2.75) is 115 Å². The van der Waals surface area contributed by atoms with Gasteiger partial charge in [-0.3, -0.25) is 9.59 Å². The summed E-state index contributed by atoms with van der Waals surface area (Å²) in [5.74, 6) is -1.06. The summed E-state index contributed by atoms with van der Waals surface area (Å²) in [5.41, 5.74) is 2.61. The van der Waals surface area contributed by atoms with Gasteiger partial charge in [0.25, 0.3) is 0 Å². The Morgan fingerprint density at radius 1 is 0.740 bits per heavy atom. The molecule has 6 heteroatoms. The molecule has 0 bridgehead atoms. The molecule has 0 heterocycles. The van der Waals surface area contributed by atoms with Crippen molar-refractivity contribution >= 4 is 11.8 Å². The topological polar surface area (TPSA) is 52.6 Å². The molecule has 4 rings (SSSR count). The lowest BCUT2D eigenvalue weighted by Crippen LogP contribution is -2.44. The fourth-order valence-corrected chi connectivity index (χ4v) is 6.94. The first-order chi connectivity index (χ1) is 24.4. The van der Waals surface area contributed by atoms with Gasteiger partial charge in [-0.25, -0.2) is 8.78 Å². The molecule has 268 valence electrons. The number of ether oxygens (including phenoxy) is 2. The van der Waals surface area contributed by atoms with Gasteiger partial charge in [0.1, 0.15) is 23.2 Å². The maximum atomic E-state index is 13.7. The Morgan fingerprint density at radius 2 is 1.32 bits per heavy atom. The van der Waals surface area contributed by atoms with Gasteiger partial charge in [-0.15, -0.1) is 0 Å². The number of benzene rings is 3. The predicted octanol–water partition coefficient (Wildman–Crippen LogP) is 11.9. The first kappa shape index (κ1) is 38.9.